The first kappa shape index (κ1) is 14.6. The molecule has 20 heavy (non-hydrogen) atoms. The van der Waals surface area contributed by atoms with Crippen LogP contribution in [0.2, 0.25) is 0 Å². The van der Waals surface area contributed by atoms with Crippen molar-refractivity contribution in [1.29, 1.82) is 0 Å². The molecular weight excluding hydrogens is 248 g/mol. The summed E-state index contributed by atoms with van der Waals surface area (Å²) in [5.74, 6) is 6.49. The van der Waals surface area contributed by atoms with Crippen LogP contribution in [-0.4, -0.2) is 0 Å². The average Bonchev–Trinajstić information content (AvgIpc) is 2.52. The summed E-state index contributed by atoms with van der Waals surface area (Å²) in [4.78, 5) is 0. The van der Waals surface area contributed by atoms with Gasteiger partial charge in [-0.2, -0.15) is 0 Å². The van der Waals surface area contributed by atoms with Crippen molar-refractivity contribution >= 4 is 0 Å². The van der Waals surface area contributed by atoms with E-state index in [0.717, 1.165) is 18.6 Å². The summed E-state index contributed by atoms with van der Waals surface area (Å²) in [6.45, 7) is 2.74. The quantitative estimate of drug-likeness (QED) is 0.597. The van der Waals surface area contributed by atoms with E-state index < -0.39 is 0 Å². The Kier molecular flexibility index (Phi) is 5.59. The van der Waals surface area contributed by atoms with Crippen molar-refractivity contribution in [1.82, 2.24) is 5.43 Å². The molecule has 106 valence electrons. The van der Waals surface area contributed by atoms with Crippen LogP contribution in [0.4, 0.5) is 0 Å². The van der Waals surface area contributed by atoms with Gasteiger partial charge in [0.05, 0.1) is 0 Å². The summed E-state index contributed by atoms with van der Waals surface area (Å²) >= 11 is 0. The molecule has 0 saturated heterocycles. The van der Waals surface area contributed by atoms with Crippen molar-refractivity contribution in [2.75, 3.05) is 0 Å². The number of nitrogens with two attached hydrogens (primary N) is 1. The highest BCUT2D eigenvalue weighted by Gasteiger charge is 2.09. The fourth-order valence-electron chi connectivity index (χ4n) is 2.20. The Balaban J connectivity index is 2.02. The third-order valence-electron chi connectivity index (χ3n) is 3.29. The first-order chi connectivity index (χ1) is 9.83. The Labute approximate surface area is 120 Å². The number of nitrogens with one attached hydrogen (secondary N) is 1. The molecule has 3 N–H and O–H groups in total. The molecule has 0 spiro atoms. The van der Waals surface area contributed by atoms with Crippen molar-refractivity contribution in [3.8, 4) is 5.75 Å². The third kappa shape index (κ3) is 4.08. The Bertz CT molecular complexity index is 513. The molecule has 0 aromatic heterocycles. The summed E-state index contributed by atoms with van der Waals surface area (Å²) in [5, 5.41) is 0. The van der Waals surface area contributed by atoms with Gasteiger partial charge < -0.3 is 4.74 Å². The van der Waals surface area contributed by atoms with E-state index >= 15 is 0 Å². The van der Waals surface area contributed by atoms with Crippen molar-refractivity contribution in [3.05, 3.63) is 65.7 Å². The summed E-state index contributed by atoms with van der Waals surface area (Å²) in [6, 6.07) is 18.5. The normalized spacial score (nSPS) is 12.1. The Morgan fingerprint density at radius 1 is 1.10 bits per heavy atom. The number of hydrazine groups is 1. The van der Waals surface area contributed by atoms with Gasteiger partial charge >= 0.3 is 0 Å². The van der Waals surface area contributed by atoms with E-state index in [2.05, 4.69) is 36.6 Å². The predicted molar refractivity (Wildman–Crippen MR) is 82.2 cm³/mol. The number of ether oxygens (including phenoxy) is 1. The largest absolute Gasteiger partial charge is 0.489 e. The summed E-state index contributed by atoms with van der Waals surface area (Å²) in [7, 11) is 0. The topological polar surface area (TPSA) is 47.3 Å². The van der Waals surface area contributed by atoms with Gasteiger partial charge in [-0.05, 0) is 29.7 Å². The lowest BCUT2D eigenvalue weighted by atomic mass is 10.0. The van der Waals surface area contributed by atoms with Crippen LogP contribution >= 0.6 is 0 Å². The lowest BCUT2D eigenvalue weighted by Crippen LogP contribution is -2.27. The molecule has 1 unspecified atom stereocenters. The molecule has 2 aromatic carbocycles. The van der Waals surface area contributed by atoms with Gasteiger partial charge in [-0.25, -0.2) is 0 Å². The molecule has 3 nitrogen and oxygen atoms in total. The van der Waals surface area contributed by atoms with Gasteiger partial charge in [-0.3, -0.25) is 11.3 Å². The highest BCUT2D eigenvalue weighted by molar-refractivity contribution is 5.31. The van der Waals surface area contributed by atoms with Crippen LogP contribution in [0.25, 0.3) is 0 Å². The minimum absolute atomic E-state index is 0.181. The van der Waals surface area contributed by atoms with Crippen LogP contribution in [0.5, 0.6) is 5.75 Å². The molecule has 3 heteroatoms. The molecule has 0 radical (unpaired) electrons. The molecule has 0 amide bonds. The van der Waals surface area contributed by atoms with E-state index in [1.807, 2.05) is 30.3 Å². The van der Waals surface area contributed by atoms with Gasteiger partial charge in [0, 0.05) is 6.04 Å². The fraction of sp³-hybridized carbons (Fsp3) is 0.294. The van der Waals surface area contributed by atoms with Crippen LogP contribution < -0.4 is 16.0 Å². The molecule has 1 atom stereocenters. The molecule has 0 fully saturated rings. The SMILES string of the molecule is CCCC(NN)c1cccc(OCc2ccccc2)c1. The van der Waals surface area contributed by atoms with E-state index in [0.29, 0.717) is 6.61 Å². The molecule has 0 heterocycles. The second-order valence-electron chi connectivity index (χ2n) is 4.85. The number of hydrogen-bond acceptors (Lipinski definition) is 3. The van der Waals surface area contributed by atoms with E-state index in [4.69, 9.17) is 10.6 Å². The second-order valence-corrected chi connectivity index (χ2v) is 4.85. The van der Waals surface area contributed by atoms with Gasteiger partial charge in [-0.1, -0.05) is 55.8 Å². The van der Waals surface area contributed by atoms with E-state index in [-0.39, 0.29) is 6.04 Å². The minimum Gasteiger partial charge on any atom is -0.489 e. The highest BCUT2D eigenvalue weighted by atomic mass is 16.5. The van der Waals surface area contributed by atoms with Gasteiger partial charge in [0.15, 0.2) is 0 Å². The molecule has 0 aliphatic heterocycles. The van der Waals surface area contributed by atoms with Crippen molar-refractivity contribution < 1.29 is 4.74 Å². The molecule has 2 rings (SSSR count). The summed E-state index contributed by atoms with van der Waals surface area (Å²) in [6.07, 6.45) is 2.10. The van der Waals surface area contributed by atoms with Gasteiger partial charge in [-0.15, -0.1) is 0 Å². The Morgan fingerprint density at radius 2 is 1.90 bits per heavy atom. The van der Waals surface area contributed by atoms with Crippen molar-refractivity contribution in [3.63, 3.8) is 0 Å². The average molecular weight is 270 g/mol. The number of hydrogen-bond donors (Lipinski definition) is 2. The predicted octanol–water partition coefficient (Wildman–Crippen LogP) is 3.57. The lowest BCUT2D eigenvalue weighted by molar-refractivity contribution is 0.305. The van der Waals surface area contributed by atoms with Crippen LogP contribution in [-0.2, 0) is 6.61 Å². The maximum absolute atomic E-state index is 5.84. The molecule has 2 aromatic rings. The van der Waals surface area contributed by atoms with Crippen LogP contribution in [0.15, 0.2) is 54.6 Å². The zero-order chi connectivity index (χ0) is 14.2. The standard InChI is InChI=1S/C17H22N2O/c1-2-7-17(19-18)15-10-6-11-16(12-15)20-13-14-8-4-3-5-9-14/h3-6,8-12,17,19H,2,7,13,18H2,1H3. The summed E-state index contributed by atoms with van der Waals surface area (Å²) in [5.41, 5.74) is 5.20. The van der Waals surface area contributed by atoms with Gasteiger partial charge in [0.2, 0.25) is 0 Å². The lowest BCUT2D eigenvalue weighted by Gasteiger charge is -2.16. The number of benzene rings is 2. The fourth-order valence-corrected chi connectivity index (χ4v) is 2.20. The molecular formula is C17H22N2O. The van der Waals surface area contributed by atoms with E-state index in [1.54, 1.807) is 0 Å². The first-order valence-corrected chi connectivity index (χ1v) is 7.06. The molecule has 0 aliphatic rings. The van der Waals surface area contributed by atoms with Crippen LogP contribution in [0.3, 0.4) is 0 Å². The Morgan fingerprint density at radius 3 is 2.60 bits per heavy atom. The van der Waals surface area contributed by atoms with Gasteiger partial charge in [0.25, 0.3) is 0 Å². The van der Waals surface area contributed by atoms with Crippen LogP contribution in [0, 0.1) is 0 Å². The van der Waals surface area contributed by atoms with Crippen molar-refractivity contribution in [2.24, 2.45) is 5.84 Å². The smallest absolute Gasteiger partial charge is 0.120 e. The highest BCUT2D eigenvalue weighted by Crippen LogP contribution is 2.22. The first-order valence-electron chi connectivity index (χ1n) is 7.06. The second kappa shape index (κ2) is 7.68. The molecule has 0 saturated carbocycles. The maximum Gasteiger partial charge on any atom is 0.120 e. The molecule has 0 bridgehead atoms. The number of rotatable bonds is 7. The third-order valence-corrected chi connectivity index (χ3v) is 3.29. The van der Waals surface area contributed by atoms with E-state index in [9.17, 15) is 0 Å². The monoisotopic (exact) mass is 270 g/mol. The molecule has 0 aliphatic carbocycles. The van der Waals surface area contributed by atoms with Gasteiger partial charge in [0.1, 0.15) is 12.4 Å². The summed E-state index contributed by atoms with van der Waals surface area (Å²) < 4.78 is 5.84. The van der Waals surface area contributed by atoms with E-state index in [1.165, 1.54) is 11.1 Å². The zero-order valence-electron chi connectivity index (χ0n) is 11.9. The minimum atomic E-state index is 0.181. The van der Waals surface area contributed by atoms with Crippen LogP contribution in [0.1, 0.15) is 36.9 Å². The zero-order valence-corrected chi connectivity index (χ0v) is 11.9. The van der Waals surface area contributed by atoms with Crippen molar-refractivity contribution in [2.45, 2.75) is 32.4 Å². The maximum atomic E-state index is 5.84. The Hall–Kier alpha value is -1.84.